The predicted octanol–water partition coefficient (Wildman–Crippen LogP) is 1.96. The molecule has 2 aromatic rings. The third kappa shape index (κ3) is 2.16. The molecule has 0 aliphatic heterocycles. The maximum atomic E-state index is 13.5. The Kier molecular flexibility index (Phi) is 3.14. The van der Waals surface area contributed by atoms with E-state index < -0.39 is 11.6 Å². The Balaban J connectivity index is 2.40. The van der Waals surface area contributed by atoms with Crippen molar-refractivity contribution in [3.05, 3.63) is 41.7 Å². The summed E-state index contributed by atoms with van der Waals surface area (Å²) in [5.74, 6) is -1.87. The zero-order chi connectivity index (χ0) is 12.4. The summed E-state index contributed by atoms with van der Waals surface area (Å²) >= 11 is 0. The normalized spacial score (nSPS) is 12.7. The topological polar surface area (TPSA) is 56.7 Å². The number of benzene rings is 1. The van der Waals surface area contributed by atoms with Crippen molar-refractivity contribution in [2.45, 2.75) is 19.4 Å². The number of hydrogen-bond acceptors (Lipinski definition) is 3. The molecule has 0 saturated carbocycles. The van der Waals surface area contributed by atoms with Gasteiger partial charge in [0.1, 0.15) is 5.69 Å². The van der Waals surface area contributed by atoms with Crippen molar-refractivity contribution in [2.24, 2.45) is 5.73 Å². The molecule has 2 rings (SSSR count). The molecule has 0 aliphatic carbocycles. The molecule has 0 bridgehead atoms. The molecule has 2 N–H and O–H groups in total. The maximum Gasteiger partial charge on any atom is 0.184 e. The van der Waals surface area contributed by atoms with Crippen LogP contribution in [0, 0.1) is 11.6 Å². The lowest BCUT2D eigenvalue weighted by molar-refractivity contribution is 0.500. The van der Waals surface area contributed by atoms with Crippen molar-refractivity contribution >= 4 is 0 Å². The van der Waals surface area contributed by atoms with E-state index in [1.807, 2.05) is 6.92 Å². The standard InChI is InChI=1S/C11H12F2N4/c1-2-8(14)9-6-17(16-15-9)10-5-3-4-7(12)11(10)13/h3-6,8H,2,14H2,1H3. The summed E-state index contributed by atoms with van der Waals surface area (Å²) in [5, 5.41) is 7.57. The van der Waals surface area contributed by atoms with Crippen molar-refractivity contribution in [3.63, 3.8) is 0 Å². The minimum Gasteiger partial charge on any atom is -0.323 e. The van der Waals surface area contributed by atoms with E-state index in [-0.39, 0.29) is 11.7 Å². The molecule has 0 radical (unpaired) electrons. The van der Waals surface area contributed by atoms with Crippen LogP contribution in [0.25, 0.3) is 5.69 Å². The average molecular weight is 238 g/mol. The van der Waals surface area contributed by atoms with E-state index >= 15 is 0 Å². The number of halogens is 2. The summed E-state index contributed by atoms with van der Waals surface area (Å²) in [6, 6.07) is 3.64. The van der Waals surface area contributed by atoms with Crippen LogP contribution >= 0.6 is 0 Å². The Morgan fingerprint density at radius 1 is 1.41 bits per heavy atom. The lowest BCUT2D eigenvalue weighted by Gasteiger charge is -2.03. The number of nitrogens with two attached hydrogens (primary N) is 1. The van der Waals surface area contributed by atoms with Crippen molar-refractivity contribution in [3.8, 4) is 5.69 Å². The number of nitrogens with zero attached hydrogens (tertiary/aromatic N) is 3. The first-order valence-electron chi connectivity index (χ1n) is 5.25. The molecule has 0 spiro atoms. The predicted molar refractivity (Wildman–Crippen MR) is 58.5 cm³/mol. The fourth-order valence-electron chi connectivity index (χ4n) is 1.44. The van der Waals surface area contributed by atoms with Gasteiger partial charge in [0.2, 0.25) is 0 Å². The average Bonchev–Trinajstić information content (AvgIpc) is 2.81. The van der Waals surface area contributed by atoms with Crippen molar-refractivity contribution in [1.29, 1.82) is 0 Å². The molecule has 0 aliphatic rings. The molecule has 0 amide bonds. The zero-order valence-corrected chi connectivity index (χ0v) is 9.27. The second-order valence-electron chi connectivity index (χ2n) is 3.68. The number of hydrogen-bond donors (Lipinski definition) is 1. The lowest BCUT2D eigenvalue weighted by atomic mass is 10.2. The Labute approximate surface area is 97.0 Å². The summed E-state index contributed by atoms with van der Waals surface area (Å²) in [6.45, 7) is 1.91. The fraction of sp³-hybridized carbons (Fsp3) is 0.273. The quantitative estimate of drug-likeness (QED) is 0.889. The van der Waals surface area contributed by atoms with Crippen LogP contribution in [0.15, 0.2) is 24.4 Å². The van der Waals surface area contributed by atoms with Crippen LogP contribution in [0.2, 0.25) is 0 Å². The summed E-state index contributed by atoms with van der Waals surface area (Å²) in [4.78, 5) is 0. The highest BCUT2D eigenvalue weighted by molar-refractivity contribution is 5.33. The number of rotatable bonds is 3. The molecule has 1 atom stereocenters. The second kappa shape index (κ2) is 4.58. The molecule has 1 aromatic carbocycles. The van der Waals surface area contributed by atoms with Crippen LogP contribution in [0.1, 0.15) is 25.1 Å². The monoisotopic (exact) mass is 238 g/mol. The van der Waals surface area contributed by atoms with E-state index in [1.165, 1.54) is 23.0 Å². The summed E-state index contributed by atoms with van der Waals surface area (Å²) in [7, 11) is 0. The van der Waals surface area contributed by atoms with Gasteiger partial charge >= 0.3 is 0 Å². The van der Waals surface area contributed by atoms with Gasteiger partial charge in [0.25, 0.3) is 0 Å². The van der Waals surface area contributed by atoms with Crippen LogP contribution in [0.4, 0.5) is 8.78 Å². The fourth-order valence-corrected chi connectivity index (χ4v) is 1.44. The first-order chi connectivity index (χ1) is 8.13. The van der Waals surface area contributed by atoms with E-state index in [2.05, 4.69) is 10.3 Å². The molecule has 1 unspecified atom stereocenters. The van der Waals surface area contributed by atoms with Gasteiger partial charge in [-0.1, -0.05) is 18.2 Å². The minimum atomic E-state index is -0.950. The van der Waals surface area contributed by atoms with Crippen LogP contribution in [0.3, 0.4) is 0 Å². The Morgan fingerprint density at radius 2 is 2.18 bits per heavy atom. The van der Waals surface area contributed by atoms with Gasteiger partial charge in [-0.2, -0.15) is 0 Å². The van der Waals surface area contributed by atoms with Crippen LogP contribution < -0.4 is 5.73 Å². The highest BCUT2D eigenvalue weighted by Gasteiger charge is 2.13. The molecule has 0 fully saturated rings. The zero-order valence-electron chi connectivity index (χ0n) is 9.27. The van der Waals surface area contributed by atoms with Gasteiger partial charge in [0.05, 0.1) is 17.9 Å². The Hall–Kier alpha value is -1.82. The summed E-state index contributed by atoms with van der Waals surface area (Å²) in [6.07, 6.45) is 2.20. The molecule has 4 nitrogen and oxygen atoms in total. The molecule has 1 heterocycles. The van der Waals surface area contributed by atoms with Gasteiger partial charge < -0.3 is 5.73 Å². The second-order valence-corrected chi connectivity index (χ2v) is 3.68. The largest absolute Gasteiger partial charge is 0.323 e. The van der Waals surface area contributed by atoms with Gasteiger partial charge in [-0.25, -0.2) is 13.5 Å². The van der Waals surface area contributed by atoms with E-state index in [1.54, 1.807) is 0 Å². The van der Waals surface area contributed by atoms with Crippen molar-refractivity contribution in [1.82, 2.24) is 15.0 Å². The van der Waals surface area contributed by atoms with Crippen LogP contribution in [-0.2, 0) is 0 Å². The first-order valence-corrected chi connectivity index (χ1v) is 5.25. The Bertz CT molecular complexity index is 524. The molecular weight excluding hydrogens is 226 g/mol. The minimum absolute atomic E-state index is 0.0204. The molecule has 6 heteroatoms. The highest BCUT2D eigenvalue weighted by Crippen LogP contribution is 2.17. The van der Waals surface area contributed by atoms with Gasteiger partial charge in [-0.15, -0.1) is 5.10 Å². The SMILES string of the molecule is CCC(N)c1cn(-c2cccc(F)c2F)nn1. The van der Waals surface area contributed by atoms with E-state index in [9.17, 15) is 8.78 Å². The molecule has 90 valence electrons. The third-order valence-corrected chi connectivity index (χ3v) is 2.51. The molecule has 0 saturated heterocycles. The number of aromatic nitrogens is 3. The van der Waals surface area contributed by atoms with Gasteiger partial charge in [-0.3, -0.25) is 0 Å². The summed E-state index contributed by atoms with van der Waals surface area (Å²) < 4.78 is 27.7. The van der Waals surface area contributed by atoms with Gasteiger partial charge in [0.15, 0.2) is 11.6 Å². The van der Waals surface area contributed by atoms with Gasteiger partial charge in [0, 0.05) is 0 Å². The smallest absolute Gasteiger partial charge is 0.184 e. The molecule has 17 heavy (non-hydrogen) atoms. The maximum absolute atomic E-state index is 13.5. The van der Waals surface area contributed by atoms with Gasteiger partial charge in [-0.05, 0) is 18.6 Å². The lowest BCUT2D eigenvalue weighted by Crippen LogP contribution is -2.08. The third-order valence-electron chi connectivity index (χ3n) is 2.51. The van der Waals surface area contributed by atoms with Crippen molar-refractivity contribution < 1.29 is 8.78 Å². The van der Waals surface area contributed by atoms with E-state index in [0.29, 0.717) is 12.1 Å². The van der Waals surface area contributed by atoms with Crippen molar-refractivity contribution in [2.75, 3.05) is 0 Å². The van der Waals surface area contributed by atoms with E-state index in [0.717, 1.165) is 6.07 Å². The van der Waals surface area contributed by atoms with Crippen LogP contribution in [-0.4, -0.2) is 15.0 Å². The Morgan fingerprint density at radius 3 is 2.88 bits per heavy atom. The first kappa shape index (κ1) is 11.7. The van der Waals surface area contributed by atoms with E-state index in [4.69, 9.17) is 5.73 Å². The van der Waals surface area contributed by atoms with Crippen LogP contribution in [0.5, 0.6) is 0 Å². The molecule has 1 aromatic heterocycles. The highest BCUT2D eigenvalue weighted by atomic mass is 19.2. The summed E-state index contributed by atoms with van der Waals surface area (Å²) in [5.41, 5.74) is 6.34. The molecular formula is C11H12F2N4.